The number of rotatable bonds is 5. The van der Waals surface area contributed by atoms with Crippen molar-refractivity contribution in [2.24, 2.45) is 0 Å². The maximum Gasteiger partial charge on any atom is 0.407 e. The van der Waals surface area contributed by atoms with E-state index in [1.807, 2.05) is 38.8 Å². The lowest BCUT2D eigenvalue weighted by Crippen LogP contribution is -2.37. The van der Waals surface area contributed by atoms with E-state index in [-0.39, 0.29) is 0 Å². The first-order chi connectivity index (χ1) is 11.3. The van der Waals surface area contributed by atoms with Crippen molar-refractivity contribution in [3.8, 4) is 10.6 Å². The quantitative estimate of drug-likeness (QED) is 0.896. The fourth-order valence-electron chi connectivity index (χ4n) is 2.03. The molecule has 0 atom stereocenters. The molecule has 0 aliphatic heterocycles. The molecule has 6 nitrogen and oxygen atoms in total. The Morgan fingerprint density at radius 2 is 2.12 bits per heavy atom. The van der Waals surface area contributed by atoms with E-state index in [4.69, 9.17) is 4.74 Å². The third kappa shape index (κ3) is 5.19. The fourth-order valence-corrected chi connectivity index (χ4v) is 2.93. The molecule has 1 N–H and O–H groups in total. The van der Waals surface area contributed by atoms with Crippen LogP contribution >= 0.6 is 11.3 Å². The molecule has 0 aliphatic carbocycles. The summed E-state index contributed by atoms with van der Waals surface area (Å²) in [4.78, 5) is 23.6. The summed E-state index contributed by atoms with van der Waals surface area (Å²) < 4.78 is 5.21. The fraction of sp³-hybridized carbons (Fsp3) is 0.471. The van der Waals surface area contributed by atoms with Crippen molar-refractivity contribution < 1.29 is 9.53 Å². The number of alkyl carbamates (subject to hydrolysis) is 1. The number of likely N-dealkylation sites (N-methyl/N-ethyl adjacent to an activating group) is 1. The van der Waals surface area contributed by atoms with Crippen LogP contribution in [0.4, 0.5) is 10.7 Å². The lowest BCUT2D eigenvalue weighted by atomic mass is 10.2. The van der Waals surface area contributed by atoms with Gasteiger partial charge in [0, 0.05) is 26.3 Å². The Bertz CT molecular complexity index is 694. The molecular weight excluding hydrogens is 324 g/mol. The number of carbonyl (C=O) groups excluding carboxylic acids is 1. The van der Waals surface area contributed by atoms with Gasteiger partial charge in [-0.05, 0) is 50.8 Å². The van der Waals surface area contributed by atoms with Crippen molar-refractivity contribution in [2.45, 2.75) is 33.3 Å². The zero-order chi connectivity index (χ0) is 17.7. The number of ether oxygens (including phenoxy) is 1. The van der Waals surface area contributed by atoms with E-state index in [2.05, 4.69) is 33.7 Å². The molecule has 2 aromatic heterocycles. The molecule has 2 aromatic rings. The van der Waals surface area contributed by atoms with Crippen molar-refractivity contribution in [3.05, 3.63) is 29.3 Å². The molecule has 0 fully saturated rings. The Labute approximate surface area is 146 Å². The van der Waals surface area contributed by atoms with Gasteiger partial charge in [0.15, 0.2) is 0 Å². The molecule has 0 spiro atoms. The minimum atomic E-state index is -0.494. The molecule has 0 unspecified atom stereocenters. The summed E-state index contributed by atoms with van der Waals surface area (Å²) >= 11 is 1.67. The van der Waals surface area contributed by atoms with Crippen LogP contribution in [-0.2, 0) is 4.74 Å². The number of aryl methyl sites for hydroxylation is 1. The minimum absolute atomic E-state index is 0.417. The van der Waals surface area contributed by atoms with Gasteiger partial charge in [0.1, 0.15) is 5.60 Å². The average molecular weight is 348 g/mol. The second-order valence-electron chi connectivity index (χ2n) is 6.52. The van der Waals surface area contributed by atoms with Crippen LogP contribution in [0.1, 0.15) is 26.3 Å². The van der Waals surface area contributed by atoms with Gasteiger partial charge in [-0.2, -0.15) is 0 Å². The zero-order valence-electron chi connectivity index (χ0n) is 14.8. The summed E-state index contributed by atoms with van der Waals surface area (Å²) in [6, 6.07) is 3.99. The number of carbonyl (C=O) groups is 1. The van der Waals surface area contributed by atoms with Crippen LogP contribution in [0.15, 0.2) is 23.7 Å². The third-order valence-corrected chi connectivity index (χ3v) is 4.23. The highest BCUT2D eigenvalue weighted by molar-refractivity contribution is 7.13. The highest BCUT2D eigenvalue weighted by Gasteiger charge is 2.16. The number of anilines is 1. The van der Waals surface area contributed by atoms with E-state index in [1.165, 1.54) is 5.56 Å². The van der Waals surface area contributed by atoms with Gasteiger partial charge < -0.3 is 15.0 Å². The van der Waals surface area contributed by atoms with Crippen molar-refractivity contribution >= 4 is 23.4 Å². The molecule has 2 heterocycles. The first-order valence-corrected chi connectivity index (χ1v) is 8.70. The van der Waals surface area contributed by atoms with Crippen LogP contribution < -0.4 is 10.2 Å². The number of aromatic nitrogens is 2. The van der Waals surface area contributed by atoms with Crippen molar-refractivity contribution in [3.63, 3.8) is 0 Å². The smallest absolute Gasteiger partial charge is 0.407 e. The van der Waals surface area contributed by atoms with Crippen molar-refractivity contribution in [1.29, 1.82) is 0 Å². The topological polar surface area (TPSA) is 67.4 Å². The molecule has 0 saturated carbocycles. The van der Waals surface area contributed by atoms with E-state index in [1.54, 1.807) is 17.5 Å². The number of hydrogen-bond donors (Lipinski definition) is 1. The molecule has 7 heteroatoms. The van der Waals surface area contributed by atoms with Gasteiger partial charge in [-0.1, -0.05) is 0 Å². The van der Waals surface area contributed by atoms with Crippen LogP contribution in [0.2, 0.25) is 0 Å². The highest BCUT2D eigenvalue weighted by Crippen LogP contribution is 2.27. The monoisotopic (exact) mass is 348 g/mol. The lowest BCUT2D eigenvalue weighted by Gasteiger charge is -2.21. The zero-order valence-corrected chi connectivity index (χ0v) is 15.6. The number of amides is 1. The molecular formula is C17H24N4O2S. The normalized spacial score (nSPS) is 11.2. The van der Waals surface area contributed by atoms with Crippen LogP contribution in [0.5, 0.6) is 0 Å². The SMILES string of the molecule is Cc1ccsc1-c1ccnc(N(C)CCNC(=O)OC(C)(C)C)n1. The standard InChI is InChI=1S/C17H24N4O2S/c1-12-7-11-24-14(12)13-6-8-18-15(20-13)21(5)10-9-19-16(22)23-17(2,3)4/h6-8,11H,9-10H2,1-5H3,(H,19,22). The maximum absolute atomic E-state index is 11.6. The second kappa shape index (κ2) is 7.61. The van der Waals surface area contributed by atoms with Gasteiger partial charge in [0.25, 0.3) is 0 Å². The van der Waals surface area contributed by atoms with Gasteiger partial charge in [0.05, 0.1) is 10.6 Å². The summed E-state index contributed by atoms with van der Waals surface area (Å²) in [5, 5.41) is 4.79. The molecule has 24 heavy (non-hydrogen) atoms. The number of nitrogens with one attached hydrogen (secondary N) is 1. The Balaban J connectivity index is 1.92. The van der Waals surface area contributed by atoms with Crippen LogP contribution in [0.25, 0.3) is 10.6 Å². The van der Waals surface area contributed by atoms with Crippen molar-refractivity contribution in [1.82, 2.24) is 15.3 Å². The predicted octanol–water partition coefficient (Wildman–Crippen LogP) is 3.47. The molecule has 0 saturated heterocycles. The Kier molecular flexibility index (Phi) is 5.77. The summed E-state index contributed by atoms with van der Waals surface area (Å²) in [6.45, 7) is 8.63. The summed E-state index contributed by atoms with van der Waals surface area (Å²) in [7, 11) is 1.90. The predicted molar refractivity (Wildman–Crippen MR) is 97.6 cm³/mol. The largest absolute Gasteiger partial charge is 0.444 e. The molecule has 0 bridgehead atoms. The second-order valence-corrected chi connectivity index (χ2v) is 7.44. The maximum atomic E-state index is 11.6. The molecule has 0 aromatic carbocycles. The molecule has 0 radical (unpaired) electrons. The number of nitrogens with zero attached hydrogens (tertiary/aromatic N) is 3. The summed E-state index contributed by atoms with van der Waals surface area (Å²) in [5.74, 6) is 0.631. The summed E-state index contributed by atoms with van der Waals surface area (Å²) in [6.07, 6.45) is 1.34. The lowest BCUT2D eigenvalue weighted by molar-refractivity contribution is 0.0529. The molecule has 0 aliphatic rings. The first kappa shape index (κ1) is 18.2. The van der Waals surface area contributed by atoms with E-state index >= 15 is 0 Å². The van der Waals surface area contributed by atoms with E-state index in [9.17, 15) is 4.79 Å². The first-order valence-electron chi connectivity index (χ1n) is 7.82. The van der Waals surface area contributed by atoms with E-state index in [0.717, 1.165) is 10.6 Å². The van der Waals surface area contributed by atoms with Crippen LogP contribution in [-0.4, -0.2) is 41.8 Å². The highest BCUT2D eigenvalue weighted by atomic mass is 32.1. The van der Waals surface area contributed by atoms with Gasteiger partial charge in [-0.15, -0.1) is 11.3 Å². The molecule has 2 rings (SSSR count). The Morgan fingerprint density at radius 3 is 2.75 bits per heavy atom. The van der Waals surface area contributed by atoms with E-state index < -0.39 is 11.7 Å². The van der Waals surface area contributed by atoms with Gasteiger partial charge in [-0.3, -0.25) is 0 Å². The van der Waals surface area contributed by atoms with Gasteiger partial charge in [-0.25, -0.2) is 14.8 Å². The Hall–Kier alpha value is -2.15. The van der Waals surface area contributed by atoms with Crippen LogP contribution in [0.3, 0.4) is 0 Å². The minimum Gasteiger partial charge on any atom is -0.444 e. The molecule has 130 valence electrons. The average Bonchev–Trinajstić information content (AvgIpc) is 2.91. The molecule has 1 amide bonds. The Morgan fingerprint density at radius 1 is 1.38 bits per heavy atom. The number of hydrogen-bond acceptors (Lipinski definition) is 6. The third-order valence-electron chi connectivity index (χ3n) is 3.19. The van der Waals surface area contributed by atoms with Crippen molar-refractivity contribution in [2.75, 3.05) is 25.0 Å². The van der Waals surface area contributed by atoms with Gasteiger partial charge in [0.2, 0.25) is 5.95 Å². The van der Waals surface area contributed by atoms with Crippen LogP contribution in [0, 0.1) is 6.92 Å². The number of thiophene rings is 1. The van der Waals surface area contributed by atoms with Gasteiger partial charge >= 0.3 is 6.09 Å². The summed E-state index contributed by atoms with van der Waals surface area (Å²) in [5.41, 5.74) is 1.63. The van der Waals surface area contributed by atoms with E-state index in [0.29, 0.717) is 19.0 Å².